The molecule has 32 heavy (non-hydrogen) atoms. The number of rotatable bonds is 2. The molecule has 0 amide bonds. The lowest BCUT2D eigenvalue weighted by Crippen LogP contribution is -2.28. The van der Waals surface area contributed by atoms with Crippen LogP contribution in [0.4, 0.5) is 27.8 Å². The van der Waals surface area contributed by atoms with Crippen molar-refractivity contribution in [1.29, 1.82) is 0 Å². The van der Waals surface area contributed by atoms with Crippen LogP contribution in [0, 0.1) is 13.8 Å². The van der Waals surface area contributed by atoms with Crippen molar-refractivity contribution in [3.05, 3.63) is 51.6 Å². The standard InChI is InChI=1S/C22H21F5N4O/c1-12-10-14(16-11-17(32)18-13(2)28-7-4-15(18)29-16)20(30-19(12)22(25,26)27)31-8-3-5-21(23,24)6-9-31/h4,7,10-11H,3,5-6,8-9H2,1-2H3,(H,29,32). The van der Waals surface area contributed by atoms with Crippen LogP contribution in [0.5, 0.6) is 0 Å². The molecule has 1 fully saturated rings. The molecule has 0 aromatic carbocycles. The number of aryl methyl sites for hydroxylation is 2. The monoisotopic (exact) mass is 452 g/mol. The number of hydrogen-bond acceptors (Lipinski definition) is 4. The van der Waals surface area contributed by atoms with Gasteiger partial charge in [0.2, 0.25) is 5.92 Å². The van der Waals surface area contributed by atoms with Crippen LogP contribution in [0.15, 0.2) is 29.2 Å². The topological polar surface area (TPSA) is 61.9 Å². The van der Waals surface area contributed by atoms with Gasteiger partial charge in [-0.25, -0.2) is 13.8 Å². The second-order valence-corrected chi connectivity index (χ2v) is 8.09. The number of aromatic amines is 1. The van der Waals surface area contributed by atoms with Gasteiger partial charge < -0.3 is 9.88 Å². The molecule has 4 rings (SSSR count). The van der Waals surface area contributed by atoms with Gasteiger partial charge in [0.25, 0.3) is 0 Å². The molecule has 1 saturated heterocycles. The SMILES string of the molecule is Cc1cc(-c2cc(=O)c3c(C)nccc3[nH]2)c(N2CCCC(F)(F)CC2)nc1C(F)(F)F. The molecular formula is C22H21F5N4O. The molecule has 0 bridgehead atoms. The number of halogens is 5. The fourth-order valence-corrected chi connectivity index (χ4v) is 4.12. The summed E-state index contributed by atoms with van der Waals surface area (Å²) >= 11 is 0. The quantitative estimate of drug-likeness (QED) is 0.540. The molecule has 0 aliphatic carbocycles. The first-order chi connectivity index (χ1) is 15.0. The number of hydrogen-bond donors (Lipinski definition) is 1. The molecule has 1 aliphatic rings. The van der Waals surface area contributed by atoms with Crippen LogP contribution >= 0.6 is 0 Å². The second-order valence-electron chi connectivity index (χ2n) is 8.09. The maximum atomic E-state index is 13.9. The maximum absolute atomic E-state index is 13.9. The summed E-state index contributed by atoms with van der Waals surface area (Å²) in [5.74, 6) is -2.95. The van der Waals surface area contributed by atoms with Gasteiger partial charge in [0.05, 0.1) is 22.3 Å². The van der Waals surface area contributed by atoms with E-state index in [9.17, 15) is 26.7 Å². The van der Waals surface area contributed by atoms with Gasteiger partial charge >= 0.3 is 6.18 Å². The number of nitrogens with one attached hydrogen (secondary N) is 1. The number of pyridine rings is 3. The number of fused-ring (bicyclic) bond motifs is 1. The molecule has 0 radical (unpaired) electrons. The van der Waals surface area contributed by atoms with Crippen LogP contribution in [0.25, 0.3) is 22.2 Å². The van der Waals surface area contributed by atoms with Gasteiger partial charge in [0.15, 0.2) is 5.43 Å². The minimum Gasteiger partial charge on any atom is -0.356 e. The lowest BCUT2D eigenvalue weighted by molar-refractivity contribution is -0.141. The zero-order valence-electron chi connectivity index (χ0n) is 17.5. The van der Waals surface area contributed by atoms with Crippen molar-refractivity contribution in [1.82, 2.24) is 15.0 Å². The summed E-state index contributed by atoms with van der Waals surface area (Å²) in [4.78, 5) is 25.3. The first-order valence-corrected chi connectivity index (χ1v) is 10.2. The van der Waals surface area contributed by atoms with Crippen LogP contribution in [0.1, 0.15) is 36.2 Å². The van der Waals surface area contributed by atoms with Crippen molar-refractivity contribution >= 4 is 16.7 Å². The van der Waals surface area contributed by atoms with Gasteiger partial charge in [-0.05, 0) is 38.0 Å². The molecule has 3 aromatic heterocycles. The van der Waals surface area contributed by atoms with Gasteiger partial charge in [0.1, 0.15) is 11.5 Å². The largest absolute Gasteiger partial charge is 0.433 e. The molecule has 3 aromatic rings. The maximum Gasteiger partial charge on any atom is 0.433 e. The molecule has 1 aliphatic heterocycles. The molecule has 170 valence electrons. The highest BCUT2D eigenvalue weighted by molar-refractivity contribution is 5.85. The third-order valence-electron chi connectivity index (χ3n) is 5.70. The number of H-pyrrole nitrogens is 1. The summed E-state index contributed by atoms with van der Waals surface area (Å²) in [5.41, 5.74) is -0.0144. The summed E-state index contributed by atoms with van der Waals surface area (Å²) in [7, 11) is 0. The highest BCUT2D eigenvalue weighted by Gasteiger charge is 2.37. The van der Waals surface area contributed by atoms with Crippen molar-refractivity contribution in [2.45, 2.75) is 45.2 Å². The zero-order chi connectivity index (χ0) is 23.3. The fraction of sp³-hybridized carbons (Fsp3) is 0.409. The Bertz CT molecular complexity index is 1240. The van der Waals surface area contributed by atoms with E-state index in [4.69, 9.17) is 0 Å². The first-order valence-electron chi connectivity index (χ1n) is 10.2. The van der Waals surface area contributed by atoms with Crippen LogP contribution in [0.3, 0.4) is 0 Å². The molecule has 1 N–H and O–H groups in total. The van der Waals surface area contributed by atoms with Crippen LogP contribution in [-0.2, 0) is 6.18 Å². The van der Waals surface area contributed by atoms with E-state index in [1.54, 1.807) is 13.0 Å². The Kier molecular flexibility index (Phi) is 5.42. The predicted molar refractivity (Wildman–Crippen MR) is 111 cm³/mol. The first kappa shape index (κ1) is 22.2. The Labute approximate surface area is 180 Å². The number of anilines is 1. The molecule has 0 saturated carbocycles. The van der Waals surface area contributed by atoms with E-state index in [1.807, 2.05) is 0 Å². The summed E-state index contributed by atoms with van der Waals surface area (Å²) in [5, 5.41) is 0.379. The van der Waals surface area contributed by atoms with E-state index >= 15 is 0 Å². The van der Waals surface area contributed by atoms with E-state index in [2.05, 4.69) is 15.0 Å². The van der Waals surface area contributed by atoms with Crippen LogP contribution in [-0.4, -0.2) is 34.0 Å². The normalized spacial score (nSPS) is 16.9. The predicted octanol–water partition coefficient (Wildman–Crippen LogP) is 5.25. The molecule has 0 spiro atoms. The highest BCUT2D eigenvalue weighted by Crippen LogP contribution is 2.38. The molecular weight excluding hydrogens is 431 g/mol. The number of alkyl halides is 5. The van der Waals surface area contributed by atoms with Gasteiger partial charge in [0, 0.05) is 43.8 Å². The smallest absolute Gasteiger partial charge is 0.356 e. The highest BCUT2D eigenvalue weighted by atomic mass is 19.4. The number of nitrogens with zero attached hydrogens (tertiary/aromatic N) is 3. The minimum atomic E-state index is -4.70. The van der Waals surface area contributed by atoms with E-state index in [0.29, 0.717) is 16.6 Å². The van der Waals surface area contributed by atoms with Gasteiger partial charge in [-0.1, -0.05) is 0 Å². The van der Waals surface area contributed by atoms with Gasteiger partial charge in [-0.3, -0.25) is 9.78 Å². The Hall–Kier alpha value is -3.04. The van der Waals surface area contributed by atoms with Crippen molar-refractivity contribution in [2.75, 3.05) is 18.0 Å². The van der Waals surface area contributed by atoms with E-state index in [-0.39, 0.29) is 54.0 Å². The van der Waals surface area contributed by atoms with Crippen molar-refractivity contribution in [3.63, 3.8) is 0 Å². The van der Waals surface area contributed by atoms with Crippen LogP contribution in [0.2, 0.25) is 0 Å². The summed E-state index contributed by atoms with van der Waals surface area (Å²) in [6.07, 6.45) is -3.89. The van der Waals surface area contributed by atoms with Crippen molar-refractivity contribution in [2.24, 2.45) is 0 Å². The average molecular weight is 452 g/mol. The van der Waals surface area contributed by atoms with Crippen molar-refractivity contribution in [3.8, 4) is 11.3 Å². The van der Waals surface area contributed by atoms with Gasteiger partial charge in [-0.2, -0.15) is 13.2 Å². The third-order valence-corrected chi connectivity index (χ3v) is 5.70. The Morgan fingerprint density at radius 3 is 2.59 bits per heavy atom. The Morgan fingerprint density at radius 2 is 1.88 bits per heavy atom. The average Bonchev–Trinajstić information content (AvgIpc) is 2.87. The van der Waals surface area contributed by atoms with Crippen molar-refractivity contribution < 1.29 is 22.0 Å². The summed E-state index contributed by atoms with van der Waals surface area (Å²) in [6.45, 7) is 2.96. The van der Waals surface area contributed by atoms with E-state index in [0.717, 1.165) is 0 Å². The Morgan fingerprint density at radius 1 is 1.12 bits per heavy atom. The zero-order valence-corrected chi connectivity index (χ0v) is 17.5. The molecule has 4 heterocycles. The second kappa shape index (κ2) is 7.83. The molecule has 0 unspecified atom stereocenters. The third kappa shape index (κ3) is 4.18. The lowest BCUT2D eigenvalue weighted by atomic mass is 10.0. The molecule has 10 heteroatoms. The fourth-order valence-electron chi connectivity index (χ4n) is 4.12. The number of aromatic nitrogens is 3. The van der Waals surface area contributed by atoms with Crippen LogP contribution < -0.4 is 10.3 Å². The lowest BCUT2D eigenvalue weighted by Gasteiger charge is -2.26. The molecule has 0 atom stereocenters. The Balaban J connectivity index is 1.93. The van der Waals surface area contributed by atoms with E-state index < -0.39 is 24.2 Å². The summed E-state index contributed by atoms with van der Waals surface area (Å²) in [6, 6.07) is 4.19. The molecule has 5 nitrogen and oxygen atoms in total. The van der Waals surface area contributed by atoms with E-state index in [1.165, 1.54) is 30.2 Å². The van der Waals surface area contributed by atoms with Gasteiger partial charge in [-0.15, -0.1) is 0 Å². The summed E-state index contributed by atoms with van der Waals surface area (Å²) < 4.78 is 68.5. The minimum absolute atomic E-state index is 0.0681.